The van der Waals surface area contributed by atoms with Gasteiger partial charge in [-0.15, -0.1) is 0 Å². The quantitative estimate of drug-likeness (QED) is 0.434. The molecule has 2 aromatic rings. The fourth-order valence-electron chi connectivity index (χ4n) is 5.57. The monoisotopic (exact) mass is 498 g/mol. The van der Waals surface area contributed by atoms with Crippen molar-refractivity contribution in [1.82, 2.24) is 9.88 Å². The zero-order valence-corrected chi connectivity index (χ0v) is 20.1. The van der Waals surface area contributed by atoms with E-state index >= 15 is 0 Å². The number of carbonyl (C=O) groups excluding carboxylic acids is 1. The Morgan fingerprint density at radius 2 is 2.19 bits per heavy atom. The van der Waals surface area contributed by atoms with E-state index < -0.39 is 9.89 Å². The van der Waals surface area contributed by atoms with Gasteiger partial charge in [0.15, 0.2) is 0 Å². The number of carbonyl (C=O) groups is 1. The highest BCUT2D eigenvalue weighted by molar-refractivity contribution is 6.67. The van der Waals surface area contributed by atoms with Crippen LogP contribution in [0.3, 0.4) is 0 Å². The topological polar surface area (TPSA) is 63.8 Å². The van der Waals surface area contributed by atoms with E-state index in [0.717, 1.165) is 28.8 Å². The predicted octanol–water partition coefficient (Wildman–Crippen LogP) is 5.56. The molecular weight excluding hydrogens is 475 g/mol. The average molecular weight is 500 g/mol. The Bertz CT molecular complexity index is 1080. The van der Waals surface area contributed by atoms with Crippen molar-refractivity contribution in [2.24, 2.45) is 11.8 Å². The number of likely N-dealkylation sites (tertiary alicyclic amines) is 1. The second kappa shape index (κ2) is 8.32. The van der Waals surface area contributed by atoms with Crippen molar-refractivity contribution >= 4 is 51.8 Å². The lowest BCUT2D eigenvalue weighted by atomic mass is 9.69. The smallest absolute Gasteiger partial charge is 0.410 e. The number of H-pyrrole nitrogens is 1. The molecule has 1 unspecified atom stereocenters. The van der Waals surface area contributed by atoms with E-state index in [9.17, 15) is 4.79 Å². The average Bonchev–Trinajstić information content (AvgIpc) is 3.12. The predicted molar refractivity (Wildman–Crippen MR) is 125 cm³/mol. The first kappa shape index (κ1) is 22.2. The maximum Gasteiger partial charge on any atom is 0.410 e. The van der Waals surface area contributed by atoms with Gasteiger partial charge in [0.25, 0.3) is 0 Å². The van der Waals surface area contributed by atoms with Crippen LogP contribution < -0.4 is 4.74 Å². The molecule has 6 nitrogen and oxygen atoms in total. The summed E-state index contributed by atoms with van der Waals surface area (Å²) in [5.74, 6) is 1.33. The summed E-state index contributed by atoms with van der Waals surface area (Å²) >= 11 is 17.5. The lowest BCUT2D eigenvalue weighted by Crippen LogP contribution is -2.57. The van der Waals surface area contributed by atoms with Gasteiger partial charge in [0.1, 0.15) is 12.4 Å². The van der Waals surface area contributed by atoms with Crippen molar-refractivity contribution in [3.05, 3.63) is 41.1 Å². The number of allylic oxidation sites excluding steroid dienone is 1. The van der Waals surface area contributed by atoms with Crippen molar-refractivity contribution in [2.45, 2.75) is 35.7 Å². The van der Waals surface area contributed by atoms with Gasteiger partial charge in [0.2, 0.25) is 3.79 Å². The Balaban J connectivity index is 1.56. The van der Waals surface area contributed by atoms with E-state index in [1.807, 2.05) is 19.1 Å². The van der Waals surface area contributed by atoms with E-state index in [-0.39, 0.29) is 24.7 Å². The van der Waals surface area contributed by atoms with Crippen molar-refractivity contribution < 1.29 is 19.0 Å². The second-order valence-electron chi connectivity index (χ2n) is 8.69. The Morgan fingerprint density at radius 1 is 1.38 bits per heavy atom. The summed E-state index contributed by atoms with van der Waals surface area (Å²) in [5, 5.41) is 1.12. The maximum absolute atomic E-state index is 13.1. The Kier molecular flexibility index (Phi) is 5.77. The minimum absolute atomic E-state index is 0.00316. The summed E-state index contributed by atoms with van der Waals surface area (Å²) in [4.78, 5) is 18.5. The van der Waals surface area contributed by atoms with Crippen LogP contribution in [0.25, 0.3) is 10.9 Å². The number of fused-ring (bicyclic) bond motifs is 2. The van der Waals surface area contributed by atoms with Crippen LogP contribution in [0.5, 0.6) is 5.75 Å². The molecule has 1 aliphatic carbocycles. The van der Waals surface area contributed by atoms with Gasteiger partial charge in [-0.3, -0.25) is 0 Å². The van der Waals surface area contributed by atoms with Gasteiger partial charge >= 0.3 is 6.09 Å². The van der Waals surface area contributed by atoms with Crippen LogP contribution in [-0.2, 0) is 15.9 Å². The Labute approximate surface area is 201 Å². The zero-order valence-electron chi connectivity index (χ0n) is 17.9. The molecule has 3 aliphatic heterocycles. The van der Waals surface area contributed by atoms with E-state index in [0.29, 0.717) is 25.5 Å². The molecule has 4 bridgehead atoms. The number of methoxy groups -OCH3 is 1. The van der Waals surface area contributed by atoms with Crippen LogP contribution in [0.2, 0.25) is 0 Å². The summed E-state index contributed by atoms with van der Waals surface area (Å²) < 4.78 is 15.5. The normalized spacial score (nSPS) is 28.4. The van der Waals surface area contributed by atoms with E-state index in [1.165, 1.54) is 11.1 Å². The Hall–Kier alpha value is -1.60. The highest BCUT2D eigenvalue weighted by Gasteiger charge is 2.49. The molecule has 0 spiro atoms. The molecule has 9 heteroatoms. The second-order valence-corrected chi connectivity index (χ2v) is 11.2. The van der Waals surface area contributed by atoms with Gasteiger partial charge in [-0.05, 0) is 43.4 Å². The standard InChI is InChI=1S/C23H25Cl3N2O4/c1-3-12-9-28(22(29)32-11-23(24,25)26)19-7-16-14-5-4-13(30-2)6-18(14)27-21(16)20-8-15(12)17(19)10-31-20/h3-6,15,17,19-20,27H,7-11H2,1-2H3/b12-3-/t15-,17?,19-,20-/m0/s1. The largest absolute Gasteiger partial charge is 0.497 e. The van der Waals surface area contributed by atoms with Gasteiger partial charge in [-0.25, -0.2) is 4.79 Å². The molecule has 2 fully saturated rings. The number of benzene rings is 1. The van der Waals surface area contributed by atoms with Crippen molar-refractivity contribution in [2.75, 3.05) is 26.9 Å². The van der Waals surface area contributed by atoms with E-state index in [1.54, 1.807) is 12.0 Å². The fraction of sp³-hybridized carbons (Fsp3) is 0.522. The molecule has 2 saturated heterocycles. The molecule has 32 heavy (non-hydrogen) atoms. The summed E-state index contributed by atoms with van der Waals surface area (Å²) in [6.07, 6.45) is 3.25. The maximum atomic E-state index is 13.1. The first-order valence-corrected chi connectivity index (χ1v) is 11.9. The SMILES string of the molecule is C/C=C1/CN(C(=O)OCC(Cl)(Cl)Cl)[C@H]2Cc3c([nH]c4cc(OC)ccc34)[C@@H]3C[C@@H]1C2CO3. The lowest BCUT2D eigenvalue weighted by molar-refractivity contribution is -0.0841. The van der Waals surface area contributed by atoms with Crippen LogP contribution in [0.1, 0.15) is 30.7 Å². The molecule has 1 amide bonds. The number of ether oxygens (including phenoxy) is 3. The number of aromatic amines is 1. The number of piperidine rings is 1. The van der Waals surface area contributed by atoms with Gasteiger partial charge in [-0.1, -0.05) is 46.5 Å². The molecule has 4 atom stereocenters. The number of hydrogen-bond donors (Lipinski definition) is 1. The zero-order chi connectivity index (χ0) is 22.6. The van der Waals surface area contributed by atoms with Gasteiger partial charge < -0.3 is 24.1 Å². The van der Waals surface area contributed by atoms with Crippen molar-refractivity contribution in [3.8, 4) is 5.75 Å². The first-order chi connectivity index (χ1) is 15.3. The van der Waals surface area contributed by atoms with Crippen molar-refractivity contribution in [3.63, 3.8) is 0 Å². The van der Waals surface area contributed by atoms with E-state index in [4.69, 9.17) is 49.0 Å². The molecule has 6 rings (SSSR count). The number of amides is 1. The number of nitrogens with one attached hydrogen (secondary N) is 1. The summed E-state index contributed by atoms with van der Waals surface area (Å²) in [6, 6.07) is 5.96. The molecule has 172 valence electrons. The number of aromatic nitrogens is 1. The molecule has 1 aromatic carbocycles. The van der Waals surface area contributed by atoms with Crippen LogP contribution in [-0.4, -0.2) is 52.7 Å². The minimum Gasteiger partial charge on any atom is -0.497 e. The number of hydrogen-bond acceptors (Lipinski definition) is 4. The highest BCUT2D eigenvalue weighted by atomic mass is 35.6. The van der Waals surface area contributed by atoms with Crippen LogP contribution in [0, 0.1) is 11.8 Å². The van der Waals surface area contributed by atoms with Crippen LogP contribution in [0.15, 0.2) is 29.8 Å². The summed E-state index contributed by atoms with van der Waals surface area (Å²) in [5.41, 5.74) is 4.51. The van der Waals surface area contributed by atoms with Gasteiger partial charge in [0, 0.05) is 41.2 Å². The van der Waals surface area contributed by atoms with Crippen LogP contribution >= 0.6 is 34.8 Å². The number of halogens is 3. The molecule has 1 N–H and O–H groups in total. The third-order valence-electron chi connectivity index (χ3n) is 7.04. The molecule has 0 radical (unpaired) electrons. The third kappa shape index (κ3) is 3.85. The minimum atomic E-state index is -1.65. The molecule has 4 aliphatic rings. The molecular formula is C23H25Cl3N2O4. The number of rotatable bonds is 2. The molecule has 4 heterocycles. The first-order valence-electron chi connectivity index (χ1n) is 10.7. The van der Waals surface area contributed by atoms with Gasteiger partial charge in [0.05, 0.1) is 19.8 Å². The van der Waals surface area contributed by atoms with E-state index in [2.05, 4.69) is 17.1 Å². The van der Waals surface area contributed by atoms with Crippen molar-refractivity contribution in [1.29, 1.82) is 0 Å². The Morgan fingerprint density at radius 3 is 2.91 bits per heavy atom. The fourth-order valence-corrected chi connectivity index (χ4v) is 5.73. The molecule has 0 saturated carbocycles. The number of alkyl halides is 3. The third-order valence-corrected chi connectivity index (χ3v) is 7.37. The molecule has 1 aromatic heterocycles. The van der Waals surface area contributed by atoms with Crippen LogP contribution in [0.4, 0.5) is 4.79 Å². The van der Waals surface area contributed by atoms with Gasteiger partial charge in [-0.2, -0.15) is 0 Å². The summed E-state index contributed by atoms with van der Waals surface area (Å²) in [7, 11) is 1.66. The highest BCUT2D eigenvalue weighted by Crippen LogP contribution is 2.49. The lowest BCUT2D eigenvalue weighted by Gasteiger charge is -2.51. The summed E-state index contributed by atoms with van der Waals surface area (Å²) in [6.45, 7) is 2.83. The number of nitrogens with zero attached hydrogens (tertiary/aromatic N) is 1.